The number of hydrogen-bond acceptors (Lipinski definition) is 4. The van der Waals surface area contributed by atoms with Crippen molar-refractivity contribution >= 4 is 0 Å². The van der Waals surface area contributed by atoms with Gasteiger partial charge in [-0.05, 0) is 46.3 Å². The minimum atomic E-state index is 0.544. The molecule has 2 aliphatic rings. The van der Waals surface area contributed by atoms with Crippen molar-refractivity contribution in [2.45, 2.75) is 31.8 Å². The number of ether oxygens (including phenoxy) is 1. The molecule has 0 aromatic rings. The SMILES string of the molecule is CC(CC1COCCN1)N(C)CC1CCN(C)C1. The zero-order chi connectivity index (χ0) is 13.0. The molecule has 0 radical (unpaired) electrons. The van der Waals surface area contributed by atoms with Crippen molar-refractivity contribution in [1.82, 2.24) is 15.1 Å². The molecule has 0 aliphatic carbocycles. The van der Waals surface area contributed by atoms with Gasteiger partial charge in [0.05, 0.1) is 13.2 Å². The average Bonchev–Trinajstić information content (AvgIpc) is 2.76. The van der Waals surface area contributed by atoms with Crippen molar-refractivity contribution in [2.24, 2.45) is 5.92 Å². The van der Waals surface area contributed by atoms with Gasteiger partial charge >= 0.3 is 0 Å². The molecule has 0 saturated carbocycles. The molecule has 2 rings (SSSR count). The van der Waals surface area contributed by atoms with Gasteiger partial charge in [-0.2, -0.15) is 0 Å². The van der Waals surface area contributed by atoms with E-state index in [4.69, 9.17) is 4.74 Å². The lowest BCUT2D eigenvalue weighted by Gasteiger charge is -2.32. The van der Waals surface area contributed by atoms with Gasteiger partial charge in [0.25, 0.3) is 0 Å². The van der Waals surface area contributed by atoms with Gasteiger partial charge in [-0.3, -0.25) is 0 Å². The Bertz CT molecular complexity index is 232. The van der Waals surface area contributed by atoms with E-state index in [0.717, 1.165) is 25.7 Å². The van der Waals surface area contributed by atoms with Crippen LogP contribution in [0.1, 0.15) is 19.8 Å². The summed E-state index contributed by atoms with van der Waals surface area (Å²) in [4.78, 5) is 4.97. The Morgan fingerprint density at radius 1 is 1.50 bits per heavy atom. The predicted molar refractivity (Wildman–Crippen MR) is 74.9 cm³/mol. The molecule has 3 unspecified atom stereocenters. The summed E-state index contributed by atoms with van der Waals surface area (Å²) in [7, 11) is 4.50. The molecule has 3 atom stereocenters. The molecule has 4 nitrogen and oxygen atoms in total. The van der Waals surface area contributed by atoms with Crippen molar-refractivity contribution in [3.05, 3.63) is 0 Å². The van der Waals surface area contributed by atoms with Gasteiger partial charge in [-0.25, -0.2) is 0 Å². The normalized spacial score (nSPS) is 32.0. The molecule has 0 spiro atoms. The minimum absolute atomic E-state index is 0.544. The van der Waals surface area contributed by atoms with Crippen LogP contribution >= 0.6 is 0 Å². The molecule has 2 saturated heterocycles. The maximum absolute atomic E-state index is 5.52. The molecule has 0 aromatic carbocycles. The summed E-state index contributed by atoms with van der Waals surface area (Å²) in [5.74, 6) is 0.859. The molecule has 18 heavy (non-hydrogen) atoms. The van der Waals surface area contributed by atoms with E-state index in [-0.39, 0.29) is 0 Å². The van der Waals surface area contributed by atoms with Crippen LogP contribution in [-0.4, -0.2) is 75.4 Å². The van der Waals surface area contributed by atoms with Crippen molar-refractivity contribution in [1.29, 1.82) is 0 Å². The standard InChI is InChI=1S/C14H29N3O/c1-12(8-14-11-18-7-5-15-14)17(3)10-13-4-6-16(2)9-13/h12-15H,4-11H2,1-3H3. The average molecular weight is 255 g/mol. The fourth-order valence-corrected chi connectivity index (χ4v) is 3.13. The van der Waals surface area contributed by atoms with E-state index in [2.05, 4.69) is 36.1 Å². The summed E-state index contributed by atoms with van der Waals surface area (Å²) in [6, 6.07) is 1.18. The number of nitrogens with zero attached hydrogens (tertiary/aromatic N) is 2. The first-order valence-electron chi connectivity index (χ1n) is 7.35. The van der Waals surface area contributed by atoms with Crippen LogP contribution in [0.4, 0.5) is 0 Å². The smallest absolute Gasteiger partial charge is 0.0620 e. The van der Waals surface area contributed by atoms with Crippen molar-refractivity contribution in [2.75, 3.05) is 53.5 Å². The molecule has 106 valence electrons. The summed E-state index contributed by atoms with van der Waals surface area (Å²) in [5, 5.41) is 3.55. The largest absolute Gasteiger partial charge is 0.379 e. The van der Waals surface area contributed by atoms with Gasteiger partial charge in [-0.15, -0.1) is 0 Å². The molecule has 0 bridgehead atoms. The second kappa shape index (κ2) is 6.85. The Labute approximate surface area is 112 Å². The monoisotopic (exact) mass is 255 g/mol. The summed E-state index contributed by atoms with van der Waals surface area (Å²) < 4.78 is 5.52. The van der Waals surface area contributed by atoms with Crippen LogP contribution in [0.25, 0.3) is 0 Å². The molecule has 0 aromatic heterocycles. The summed E-state index contributed by atoms with van der Waals surface area (Å²) in [6.07, 6.45) is 2.55. The van der Waals surface area contributed by atoms with Crippen LogP contribution in [0.2, 0.25) is 0 Å². The second-order valence-electron chi connectivity index (χ2n) is 6.17. The minimum Gasteiger partial charge on any atom is -0.379 e. The van der Waals surface area contributed by atoms with E-state index in [1.54, 1.807) is 0 Å². The zero-order valence-electron chi connectivity index (χ0n) is 12.2. The van der Waals surface area contributed by atoms with Gasteiger partial charge in [-0.1, -0.05) is 0 Å². The van der Waals surface area contributed by atoms with Crippen LogP contribution in [0, 0.1) is 5.92 Å². The molecule has 1 N–H and O–H groups in total. The van der Waals surface area contributed by atoms with Crippen molar-refractivity contribution in [3.8, 4) is 0 Å². The number of hydrogen-bond donors (Lipinski definition) is 1. The molecule has 2 heterocycles. The van der Waals surface area contributed by atoms with E-state index >= 15 is 0 Å². The summed E-state index contributed by atoms with van der Waals surface area (Å²) in [5.41, 5.74) is 0. The number of morpholine rings is 1. The van der Waals surface area contributed by atoms with Crippen LogP contribution in [-0.2, 0) is 4.74 Å². The lowest BCUT2D eigenvalue weighted by molar-refractivity contribution is 0.0632. The third-order valence-corrected chi connectivity index (χ3v) is 4.41. The van der Waals surface area contributed by atoms with E-state index in [9.17, 15) is 0 Å². The zero-order valence-corrected chi connectivity index (χ0v) is 12.2. The van der Waals surface area contributed by atoms with Crippen molar-refractivity contribution < 1.29 is 4.74 Å². The highest BCUT2D eigenvalue weighted by Crippen LogP contribution is 2.17. The van der Waals surface area contributed by atoms with Crippen LogP contribution < -0.4 is 5.32 Å². The third-order valence-electron chi connectivity index (χ3n) is 4.41. The first kappa shape index (κ1) is 14.3. The van der Waals surface area contributed by atoms with E-state index < -0.39 is 0 Å². The maximum atomic E-state index is 5.52. The molecule has 4 heteroatoms. The van der Waals surface area contributed by atoms with Gasteiger partial charge in [0.2, 0.25) is 0 Å². The highest BCUT2D eigenvalue weighted by molar-refractivity contribution is 4.80. The first-order chi connectivity index (χ1) is 8.65. The predicted octanol–water partition coefficient (Wildman–Crippen LogP) is 0.637. The molecule has 2 fully saturated rings. The van der Waals surface area contributed by atoms with E-state index in [1.165, 1.54) is 32.5 Å². The highest BCUT2D eigenvalue weighted by Gasteiger charge is 2.24. The molecule has 2 aliphatic heterocycles. The Balaban J connectivity index is 1.68. The van der Waals surface area contributed by atoms with E-state index in [1.807, 2.05) is 0 Å². The fraction of sp³-hybridized carbons (Fsp3) is 1.00. The number of rotatable bonds is 5. The summed E-state index contributed by atoms with van der Waals surface area (Å²) >= 11 is 0. The first-order valence-corrected chi connectivity index (χ1v) is 7.35. The molecule has 0 amide bonds. The van der Waals surface area contributed by atoms with Crippen molar-refractivity contribution in [3.63, 3.8) is 0 Å². The van der Waals surface area contributed by atoms with Gasteiger partial charge in [0, 0.05) is 31.7 Å². The van der Waals surface area contributed by atoms with Gasteiger partial charge in [0.1, 0.15) is 0 Å². The Morgan fingerprint density at radius 2 is 2.33 bits per heavy atom. The summed E-state index contributed by atoms with van der Waals surface area (Å²) in [6.45, 7) is 8.87. The Morgan fingerprint density at radius 3 is 2.94 bits per heavy atom. The quantitative estimate of drug-likeness (QED) is 0.780. The lowest BCUT2D eigenvalue weighted by atomic mass is 10.0. The van der Waals surface area contributed by atoms with Crippen LogP contribution in [0.3, 0.4) is 0 Å². The molecular weight excluding hydrogens is 226 g/mol. The maximum Gasteiger partial charge on any atom is 0.0620 e. The van der Waals surface area contributed by atoms with E-state index in [0.29, 0.717) is 12.1 Å². The number of nitrogens with one attached hydrogen (secondary N) is 1. The fourth-order valence-electron chi connectivity index (χ4n) is 3.13. The molecular formula is C14H29N3O. The highest BCUT2D eigenvalue weighted by atomic mass is 16.5. The van der Waals surface area contributed by atoms with Gasteiger partial charge in [0.15, 0.2) is 0 Å². The Hall–Kier alpha value is -0.160. The van der Waals surface area contributed by atoms with Crippen LogP contribution in [0.5, 0.6) is 0 Å². The second-order valence-corrected chi connectivity index (χ2v) is 6.17. The number of likely N-dealkylation sites (tertiary alicyclic amines) is 1. The third kappa shape index (κ3) is 4.19. The Kier molecular flexibility index (Phi) is 5.42. The van der Waals surface area contributed by atoms with Gasteiger partial charge < -0.3 is 19.9 Å². The van der Waals surface area contributed by atoms with Crippen LogP contribution in [0.15, 0.2) is 0 Å². The lowest BCUT2D eigenvalue weighted by Crippen LogP contribution is -2.46. The topological polar surface area (TPSA) is 27.7 Å².